The molecule has 0 saturated carbocycles. The Morgan fingerprint density at radius 3 is 2.20 bits per heavy atom. The predicted molar refractivity (Wildman–Crippen MR) is 98.5 cm³/mol. The Hall–Kier alpha value is -3.08. The number of allylic oxidation sites excluding steroid dienone is 1. The second kappa shape index (κ2) is 8.68. The van der Waals surface area contributed by atoms with E-state index in [0.717, 1.165) is 5.57 Å². The van der Waals surface area contributed by atoms with Crippen molar-refractivity contribution < 1.29 is 14.3 Å². The van der Waals surface area contributed by atoms with Crippen molar-refractivity contribution in [2.75, 3.05) is 12.4 Å². The molecule has 5 heteroatoms. The molecule has 0 fully saturated rings. The van der Waals surface area contributed by atoms with E-state index in [1.165, 1.54) is 0 Å². The highest BCUT2D eigenvalue weighted by atomic mass is 16.5. The van der Waals surface area contributed by atoms with Crippen LogP contribution in [0, 0.1) is 0 Å². The molecule has 0 heterocycles. The van der Waals surface area contributed by atoms with Crippen molar-refractivity contribution in [3.63, 3.8) is 0 Å². The van der Waals surface area contributed by atoms with Gasteiger partial charge in [-0.15, -0.1) is 0 Å². The Morgan fingerprint density at radius 2 is 1.64 bits per heavy atom. The van der Waals surface area contributed by atoms with Crippen LogP contribution in [-0.4, -0.2) is 18.9 Å². The van der Waals surface area contributed by atoms with Crippen molar-refractivity contribution in [3.8, 4) is 5.75 Å². The fraction of sp³-hybridized carbons (Fsp3) is 0.200. The normalized spacial score (nSPS) is 11.3. The third-order valence-electron chi connectivity index (χ3n) is 3.81. The zero-order valence-electron chi connectivity index (χ0n) is 14.6. The quantitative estimate of drug-likeness (QED) is 0.788. The maximum Gasteiger partial charge on any atom is 0.272 e. The van der Waals surface area contributed by atoms with E-state index in [0.29, 0.717) is 23.4 Å². The molecule has 2 N–H and O–H groups in total. The second-order valence-corrected chi connectivity index (χ2v) is 5.51. The maximum atomic E-state index is 12.6. The molecule has 0 aliphatic rings. The zero-order valence-corrected chi connectivity index (χ0v) is 14.6. The topological polar surface area (TPSA) is 67.4 Å². The first-order chi connectivity index (χ1) is 12.0. The number of anilines is 1. The van der Waals surface area contributed by atoms with E-state index in [1.54, 1.807) is 55.6 Å². The summed E-state index contributed by atoms with van der Waals surface area (Å²) in [5.74, 6) is 0.0398. The fourth-order valence-corrected chi connectivity index (χ4v) is 2.18. The first-order valence-corrected chi connectivity index (χ1v) is 8.06. The van der Waals surface area contributed by atoms with E-state index in [-0.39, 0.29) is 17.5 Å². The van der Waals surface area contributed by atoms with Gasteiger partial charge in [0.1, 0.15) is 11.4 Å². The lowest BCUT2D eigenvalue weighted by atomic mass is 10.1. The number of ether oxygens (including phenoxy) is 1. The number of benzene rings is 2. The molecule has 0 aromatic heterocycles. The van der Waals surface area contributed by atoms with Crippen LogP contribution >= 0.6 is 0 Å². The number of hydrogen-bond donors (Lipinski definition) is 2. The highest BCUT2D eigenvalue weighted by molar-refractivity contribution is 6.08. The van der Waals surface area contributed by atoms with E-state index in [9.17, 15) is 9.59 Å². The van der Waals surface area contributed by atoms with Gasteiger partial charge in [0.15, 0.2) is 0 Å². The minimum absolute atomic E-state index is 0.271. The molecular formula is C20H22N2O3. The molecular weight excluding hydrogens is 316 g/mol. The van der Waals surface area contributed by atoms with E-state index < -0.39 is 0 Å². The fourth-order valence-electron chi connectivity index (χ4n) is 2.18. The summed E-state index contributed by atoms with van der Waals surface area (Å²) in [6.45, 7) is 3.76. The Kier molecular flexibility index (Phi) is 6.34. The first-order valence-electron chi connectivity index (χ1n) is 8.06. The number of nitrogens with one attached hydrogen (secondary N) is 2. The summed E-state index contributed by atoms with van der Waals surface area (Å²) in [4.78, 5) is 25.0. The highest BCUT2D eigenvalue weighted by Crippen LogP contribution is 2.16. The summed E-state index contributed by atoms with van der Waals surface area (Å²) in [5, 5.41) is 5.53. The van der Waals surface area contributed by atoms with Gasteiger partial charge in [-0.2, -0.15) is 0 Å². The molecule has 2 aromatic rings. The third-order valence-corrected chi connectivity index (χ3v) is 3.81. The Balaban J connectivity index is 2.16. The lowest BCUT2D eigenvalue weighted by Gasteiger charge is -2.14. The molecule has 2 rings (SSSR count). The van der Waals surface area contributed by atoms with Gasteiger partial charge in [0, 0.05) is 11.3 Å². The second-order valence-electron chi connectivity index (χ2n) is 5.51. The average molecular weight is 338 g/mol. The van der Waals surface area contributed by atoms with Gasteiger partial charge in [-0.25, -0.2) is 0 Å². The van der Waals surface area contributed by atoms with Gasteiger partial charge >= 0.3 is 0 Å². The van der Waals surface area contributed by atoms with Crippen LogP contribution in [0.2, 0.25) is 0 Å². The Morgan fingerprint density at radius 1 is 1.00 bits per heavy atom. The van der Waals surface area contributed by atoms with Crippen LogP contribution in [0.3, 0.4) is 0 Å². The maximum absolute atomic E-state index is 12.6. The van der Waals surface area contributed by atoms with Crippen LogP contribution in [0.5, 0.6) is 5.75 Å². The van der Waals surface area contributed by atoms with Gasteiger partial charge in [-0.05, 0) is 55.3 Å². The van der Waals surface area contributed by atoms with Gasteiger partial charge in [0.05, 0.1) is 7.11 Å². The molecule has 5 nitrogen and oxygen atoms in total. The van der Waals surface area contributed by atoms with Crippen LogP contribution in [0.15, 0.2) is 65.9 Å². The Bertz CT molecular complexity index is 765. The molecule has 0 aliphatic heterocycles. The third kappa shape index (κ3) is 4.94. The summed E-state index contributed by atoms with van der Waals surface area (Å²) in [7, 11) is 1.58. The molecule has 0 unspecified atom stereocenters. The van der Waals surface area contributed by atoms with Crippen molar-refractivity contribution in [2.45, 2.75) is 20.3 Å². The minimum Gasteiger partial charge on any atom is -0.497 e. The van der Waals surface area contributed by atoms with E-state index in [2.05, 4.69) is 10.6 Å². The van der Waals surface area contributed by atoms with E-state index in [1.807, 2.05) is 19.9 Å². The molecule has 0 bridgehead atoms. The minimum atomic E-state index is -0.353. The first kappa shape index (κ1) is 18.3. The van der Waals surface area contributed by atoms with Crippen molar-refractivity contribution >= 4 is 17.5 Å². The number of carbonyl (C=O) groups is 2. The molecule has 0 atom stereocenters. The Labute approximate surface area is 147 Å². The number of amides is 2. The average Bonchev–Trinajstić information content (AvgIpc) is 2.66. The molecule has 130 valence electrons. The summed E-state index contributed by atoms with van der Waals surface area (Å²) in [5.41, 5.74) is 2.20. The molecule has 2 aromatic carbocycles. The standard InChI is InChI=1S/C20H22N2O3/c1-4-14(2)18(22-19(23)15-8-6-5-7-9-15)20(24)21-16-10-12-17(25-3)13-11-16/h5-13H,4H2,1-3H3,(H,21,24)(H,22,23)/b18-14+. The van der Waals surface area contributed by atoms with Gasteiger partial charge in [0.25, 0.3) is 11.8 Å². The van der Waals surface area contributed by atoms with Crippen LogP contribution in [-0.2, 0) is 4.79 Å². The SMILES string of the molecule is CC/C(C)=C(/NC(=O)c1ccccc1)C(=O)Nc1ccc(OC)cc1. The molecule has 0 radical (unpaired) electrons. The van der Waals surface area contributed by atoms with Crippen molar-refractivity contribution in [3.05, 3.63) is 71.4 Å². The number of carbonyl (C=O) groups excluding carboxylic acids is 2. The monoisotopic (exact) mass is 338 g/mol. The molecule has 0 saturated heterocycles. The van der Waals surface area contributed by atoms with Crippen LogP contribution < -0.4 is 15.4 Å². The summed E-state index contributed by atoms with van der Waals surface area (Å²) in [6, 6.07) is 15.8. The largest absolute Gasteiger partial charge is 0.497 e. The molecule has 2 amide bonds. The van der Waals surface area contributed by atoms with Crippen molar-refractivity contribution in [1.82, 2.24) is 5.32 Å². The summed E-state index contributed by atoms with van der Waals surface area (Å²) < 4.78 is 5.10. The lowest BCUT2D eigenvalue weighted by molar-refractivity contribution is -0.113. The lowest BCUT2D eigenvalue weighted by Crippen LogP contribution is -2.32. The summed E-state index contributed by atoms with van der Waals surface area (Å²) >= 11 is 0. The number of rotatable bonds is 6. The zero-order chi connectivity index (χ0) is 18.2. The number of hydrogen-bond acceptors (Lipinski definition) is 3. The van der Waals surface area contributed by atoms with Crippen LogP contribution in [0.1, 0.15) is 30.6 Å². The van der Waals surface area contributed by atoms with Crippen molar-refractivity contribution in [2.24, 2.45) is 0 Å². The number of methoxy groups -OCH3 is 1. The van der Waals surface area contributed by atoms with Crippen LogP contribution in [0.25, 0.3) is 0 Å². The highest BCUT2D eigenvalue weighted by Gasteiger charge is 2.16. The van der Waals surface area contributed by atoms with Crippen LogP contribution in [0.4, 0.5) is 5.69 Å². The molecule has 25 heavy (non-hydrogen) atoms. The van der Waals surface area contributed by atoms with Gasteiger partial charge in [-0.1, -0.05) is 25.1 Å². The van der Waals surface area contributed by atoms with Gasteiger partial charge < -0.3 is 15.4 Å². The van der Waals surface area contributed by atoms with Crippen molar-refractivity contribution in [1.29, 1.82) is 0 Å². The van der Waals surface area contributed by atoms with E-state index in [4.69, 9.17) is 4.74 Å². The predicted octanol–water partition coefficient (Wildman–Crippen LogP) is 3.75. The summed E-state index contributed by atoms with van der Waals surface area (Å²) in [6.07, 6.45) is 0.653. The van der Waals surface area contributed by atoms with Gasteiger partial charge in [-0.3, -0.25) is 9.59 Å². The van der Waals surface area contributed by atoms with E-state index >= 15 is 0 Å². The smallest absolute Gasteiger partial charge is 0.272 e. The molecule has 0 spiro atoms. The van der Waals surface area contributed by atoms with Gasteiger partial charge in [0.2, 0.25) is 0 Å². The molecule has 0 aliphatic carbocycles.